The Morgan fingerprint density at radius 2 is 1.92 bits per heavy atom. The summed E-state index contributed by atoms with van der Waals surface area (Å²) in [6.45, 7) is 6.04. The van der Waals surface area contributed by atoms with Crippen LogP contribution in [0.1, 0.15) is 38.7 Å². The number of rotatable bonds is 17. The van der Waals surface area contributed by atoms with E-state index in [1.54, 1.807) is 31.2 Å². The van der Waals surface area contributed by atoms with E-state index in [2.05, 4.69) is 49.8 Å². The minimum absolute atomic E-state index is 0.106. The average molecular weight is 640 g/mol. The van der Waals surface area contributed by atoms with Gasteiger partial charge < -0.3 is 34.1 Å². The topological polar surface area (TPSA) is 111 Å². The van der Waals surface area contributed by atoms with Gasteiger partial charge in [-0.3, -0.25) is 4.79 Å². The number of H-pyrrole nitrogens is 1. The molecule has 2 N–H and O–H groups in total. The van der Waals surface area contributed by atoms with Crippen LogP contribution in [-0.2, 0) is 16.0 Å². The predicted molar refractivity (Wildman–Crippen MR) is 157 cm³/mol. The summed E-state index contributed by atoms with van der Waals surface area (Å²) < 4.78 is 24.0. The third kappa shape index (κ3) is 8.10. The molecule has 3 aromatic rings. The van der Waals surface area contributed by atoms with Crippen LogP contribution in [0.4, 0.5) is 11.5 Å². The van der Waals surface area contributed by atoms with Crippen molar-refractivity contribution in [3.63, 3.8) is 0 Å². The standard InChI is InChI=1S/C27H38IN5O5/c1-5-7-9-19-16-29-26-25(19)27(31-18-30-26)32-20-14-22(38-17-24(34)33(3)11-8-10-28)23(15-21(20)35-4)37-13-12-36-6-2/h14-16,18H,5-13,17H2,1-4H3,(H2,29,30,31,32). The molecular formula is C27H38IN5O5. The quantitative estimate of drug-likeness (QED) is 0.119. The van der Waals surface area contributed by atoms with Gasteiger partial charge in [-0.2, -0.15) is 0 Å². The summed E-state index contributed by atoms with van der Waals surface area (Å²) in [4.78, 5) is 26.5. The molecule has 11 heteroatoms. The molecule has 0 radical (unpaired) electrons. The summed E-state index contributed by atoms with van der Waals surface area (Å²) >= 11 is 2.30. The fourth-order valence-electron chi connectivity index (χ4n) is 3.87. The first-order valence-corrected chi connectivity index (χ1v) is 14.5. The molecule has 0 saturated carbocycles. The number of alkyl halides is 1. The Balaban J connectivity index is 1.91. The first kappa shape index (κ1) is 29.8. The molecule has 1 aromatic carbocycles. The van der Waals surface area contributed by atoms with Crippen molar-refractivity contribution in [2.75, 3.05) is 56.9 Å². The molecule has 0 fully saturated rings. The van der Waals surface area contributed by atoms with E-state index in [9.17, 15) is 4.79 Å². The number of aromatic nitrogens is 3. The largest absolute Gasteiger partial charge is 0.494 e. The van der Waals surface area contributed by atoms with Crippen LogP contribution in [0.5, 0.6) is 17.2 Å². The van der Waals surface area contributed by atoms with Crippen LogP contribution < -0.4 is 19.5 Å². The minimum Gasteiger partial charge on any atom is -0.494 e. The summed E-state index contributed by atoms with van der Waals surface area (Å²) in [5, 5.41) is 4.34. The zero-order valence-electron chi connectivity index (χ0n) is 22.6. The number of benzene rings is 1. The van der Waals surface area contributed by atoms with Crippen LogP contribution >= 0.6 is 22.6 Å². The minimum atomic E-state index is -0.109. The summed E-state index contributed by atoms with van der Waals surface area (Å²) in [5.74, 6) is 1.99. The molecule has 0 spiro atoms. The van der Waals surface area contributed by atoms with Crippen LogP contribution in [0, 0.1) is 0 Å². The Kier molecular flexibility index (Phi) is 12.2. The second kappa shape index (κ2) is 15.6. The third-order valence-electron chi connectivity index (χ3n) is 5.96. The maximum Gasteiger partial charge on any atom is 0.260 e. The highest BCUT2D eigenvalue weighted by molar-refractivity contribution is 14.1. The van der Waals surface area contributed by atoms with Crippen LogP contribution in [0.3, 0.4) is 0 Å². The van der Waals surface area contributed by atoms with Crippen LogP contribution in [0.25, 0.3) is 11.0 Å². The number of hydrogen-bond donors (Lipinski definition) is 2. The SMILES string of the molecule is CCCCc1c[nH]c2ncnc(Nc3cc(OCC(=O)N(C)CCCI)c(OCCOCC)cc3OC)c12. The number of fused-ring (bicyclic) bond motifs is 1. The van der Waals surface area contributed by atoms with Gasteiger partial charge in [0, 0.05) is 43.0 Å². The zero-order valence-corrected chi connectivity index (χ0v) is 24.8. The molecule has 0 atom stereocenters. The molecule has 2 heterocycles. The number of carbonyl (C=O) groups is 1. The number of ether oxygens (including phenoxy) is 4. The van der Waals surface area contributed by atoms with E-state index < -0.39 is 0 Å². The van der Waals surface area contributed by atoms with Crippen molar-refractivity contribution in [1.29, 1.82) is 0 Å². The van der Waals surface area contributed by atoms with E-state index in [-0.39, 0.29) is 12.5 Å². The van der Waals surface area contributed by atoms with E-state index >= 15 is 0 Å². The molecule has 10 nitrogen and oxygen atoms in total. The van der Waals surface area contributed by atoms with Crippen LogP contribution in [0.15, 0.2) is 24.7 Å². The van der Waals surface area contributed by atoms with Gasteiger partial charge in [-0.25, -0.2) is 9.97 Å². The molecule has 2 aromatic heterocycles. The molecule has 0 aliphatic carbocycles. The second-order valence-corrected chi connectivity index (χ2v) is 9.76. The average Bonchev–Trinajstić information content (AvgIpc) is 3.36. The number of aromatic amines is 1. The van der Waals surface area contributed by atoms with Crippen LogP contribution in [-0.4, -0.2) is 77.3 Å². The molecule has 3 rings (SSSR count). The van der Waals surface area contributed by atoms with Gasteiger partial charge in [0.15, 0.2) is 18.1 Å². The van der Waals surface area contributed by atoms with E-state index in [1.165, 1.54) is 6.33 Å². The van der Waals surface area contributed by atoms with Crippen molar-refractivity contribution >= 4 is 51.0 Å². The number of nitrogens with one attached hydrogen (secondary N) is 2. The van der Waals surface area contributed by atoms with Crippen molar-refractivity contribution in [3.8, 4) is 17.2 Å². The molecule has 1 amide bonds. The van der Waals surface area contributed by atoms with E-state index in [0.717, 1.165) is 46.7 Å². The molecule has 38 heavy (non-hydrogen) atoms. The van der Waals surface area contributed by atoms with Gasteiger partial charge in [-0.15, -0.1) is 0 Å². The first-order chi connectivity index (χ1) is 18.5. The molecule has 0 saturated heterocycles. The van der Waals surface area contributed by atoms with Crippen molar-refractivity contribution in [3.05, 3.63) is 30.2 Å². The number of methoxy groups -OCH3 is 1. The summed E-state index contributed by atoms with van der Waals surface area (Å²) in [6, 6.07) is 3.53. The maximum absolute atomic E-state index is 12.6. The number of likely N-dealkylation sites (N-methyl/N-ethyl adjacent to an activating group) is 1. The number of nitrogens with zero attached hydrogens (tertiary/aromatic N) is 3. The number of halogens is 1. The van der Waals surface area contributed by atoms with Gasteiger partial charge in [0.2, 0.25) is 0 Å². The Morgan fingerprint density at radius 1 is 1.11 bits per heavy atom. The number of aryl methyl sites for hydroxylation is 1. The Labute approximate surface area is 237 Å². The lowest BCUT2D eigenvalue weighted by atomic mass is 10.1. The van der Waals surface area contributed by atoms with E-state index in [4.69, 9.17) is 18.9 Å². The molecule has 0 aliphatic rings. The molecule has 0 aliphatic heterocycles. The zero-order chi connectivity index (χ0) is 27.3. The number of unbranched alkanes of at least 4 members (excludes halogenated alkanes) is 1. The van der Waals surface area contributed by atoms with Crippen molar-refractivity contribution in [2.45, 2.75) is 39.5 Å². The lowest BCUT2D eigenvalue weighted by molar-refractivity contribution is -0.132. The lowest BCUT2D eigenvalue weighted by Gasteiger charge is -2.20. The highest BCUT2D eigenvalue weighted by Crippen LogP contribution is 2.40. The Hall–Kier alpha value is -2.80. The molecule has 0 unspecified atom stereocenters. The first-order valence-electron chi connectivity index (χ1n) is 13.0. The fourth-order valence-corrected chi connectivity index (χ4v) is 4.21. The number of carbonyl (C=O) groups excluding carboxylic acids is 1. The monoisotopic (exact) mass is 639 g/mol. The summed E-state index contributed by atoms with van der Waals surface area (Å²) in [6.07, 6.45) is 7.51. The highest BCUT2D eigenvalue weighted by atomic mass is 127. The predicted octanol–water partition coefficient (Wildman–Crippen LogP) is 5.13. The Morgan fingerprint density at radius 3 is 2.66 bits per heavy atom. The number of amides is 1. The van der Waals surface area contributed by atoms with Crippen molar-refractivity contribution in [1.82, 2.24) is 19.9 Å². The van der Waals surface area contributed by atoms with Gasteiger partial charge in [0.1, 0.15) is 30.1 Å². The normalized spacial score (nSPS) is 11.0. The lowest BCUT2D eigenvalue weighted by Crippen LogP contribution is -2.32. The summed E-state index contributed by atoms with van der Waals surface area (Å²) in [5.41, 5.74) is 2.55. The molecular weight excluding hydrogens is 601 g/mol. The van der Waals surface area contributed by atoms with Crippen molar-refractivity contribution < 1.29 is 23.7 Å². The second-order valence-electron chi connectivity index (χ2n) is 8.68. The number of hydrogen-bond acceptors (Lipinski definition) is 8. The molecule has 0 bridgehead atoms. The fraction of sp³-hybridized carbons (Fsp3) is 0.519. The van der Waals surface area contributed by atoms with Gasteiger partial charge in [-0.1, -0.05) is 35.9 Å². The third-order valence-corrected chi connectivity index (χ3v) is 6.73. The number of anilines is 2. The van der Waals surface area contributed by atoms with Gasteiger partial charge in [0.05, 0.1) is 24.8 Å². The summed E-state index contributed by atoms with van der Waals surface area (Å²) in [7, 11) is 3.38. The smallest absolute Gasteiger partial charge is 0.260 e. The van der Waals surface area contributed by atoms with Gasteiger partial charge in [-0.05, 0) is 31.7 Å². The maximum atomic E-state index is 12.6. The van der Waals surface area contributed by atoms with Crippen LogP contribution in [0.2, 0.25) is 0 Å². The van der Waals surface area contributed by atoms with Gasteiger partial charge >= 0.3 is 0 Å². The van der Waals surface area contributed by atoms with Gasteiger partial charge in [0.25, 0.3) is 5.91 Å². The van der Waals surface area contributed by atoms with E-state index in [0.29, 0.717) is 55.1 Å². The van der Waals surface area contributed by atoms with E-state index in [1.807, 2.05) is 13.1 Å². The molecule has 208 valence electrons. The van der Waals surface area contributed by atoms with Crippen molar-refractivity contribution in [2.24, 2.45) is 0 Å². The Bertz CT molecular complexity index is 1170. The highest BCUT2D eigenvalue weighted by Gasteiger charge is 2.18.